The number of aryl methyl sites for hydroxylation is 2. The first-order valence-corrected chi connectivity index (χ1v) is 11.3. The molecule has 2 aromatic rings. The van der Waals surface area contributed by atoms with Gasteiger partial charge in [0, 0.05) is 18.0 Å². The fraction of sp³-hybridized carbons (Fsp3) is 0.667. The van der Waals surface area contributed by atoms with Gasteiger partial charge in [0.15, 0.2) is 0 Å². The van der Waals surface area contributed by atoms with Gasteiger partial charge in [-0.3, -0.25) is 19.1 Å². The summed E-state index contributed by atoms with van der Waals surface area (Å²) in [5, 5.41) is 0.675. The minimum Gasteiger partial charge on any atom is -0.341 e. The molecule has 1 amide bonds. The Morgan fingerprint density at radius 2 is 1.75 bits per heavy atom. The zero-order chi connectivity index (χ0) is 20.3. The third-order valence-corrected chi connectivity index (χ3v) is 6.98. The maximum Gasteiger partial charge on any atom is 0.263 e. The molecule has 1 aliphatic heterocycles. The molecule has 0 aliphatic carbocycles. The van der Waals surface area contributed by atoms with Crippen LogP contribution < -0.4 is 5.56 Å². The first kappa shape index (κ1) is 21.0. The van der Waals surface area contributed by atoms with Crippen LogP contribution in [0.4, 0.5) is 0 Å². The number of fused-ring (bicyclic) bond motifs is 1. The Balaban J connectivity index is 2.01. The minimum atomic E-state index is -0.0721. The summed E-state index contributed by atoms with van der Waals surface area (Å²) in [5.74, 6) is 0.737. The van der Waals surface area contributed by atoms with Gasteiger partial charge in [-0.05, 0) is 45.3 Å². The Hall–Kier alpha value is -1.73. The van der Waals surface area contributed by atoms with E-state index in [1.165, 1.54) is 12.8 Å². The zero-order valence-corrected chi connectivity index (χ0v) is 18.4. The molecule has 0 saturated carbocycles. The molecule has 28 heavy (non-hydrogen) atoms. The van der Waals surface area contributed by atoms with Gasteiger partial charge in [0.25, 0.3) is 5.56 Å². The summed E-state index contributed by atoms with van der Waals surface area (Å²) in [4.78, 5) is 37.3. The highest BCUT2D eigenvalue weighted by molar-refractivity contribution is 7.18. The third-order valence-electron chi connectivity index (χ3n) is 5.88. The number of carbonyl (C=O) groups excluding carboxylic acids is 1. The topological polar surface area (TPSA) is 58.4 Å². The van der Waals surface area contributed by atoms with Crippen LogP contribution in [0.1, 0.15) is 55.8 Å². The Bertz CT molecular complexity index is 890. The fourth-order valence-electron chi connectivity index (χ4n) is 3.86. The first-order chi connectivity index (χ1) is 13.5. The van der Waals surface area contributed by atoms with Gasteiger partial charge in [-0.2, -0.15) is 0 Å². The summed E-state index contributed by atoms with van der Waals surface area (Å²) in [5.41, 5.74) is 0.917. The van der Waals surface area contributed by atoms with E-state index >= 15 is 0 Å². The Labute approximate surface area is 171 Å². The Morgan fingerprint density at radius 1 is 1.11 bits per heavy atom. The molecule has 1 aliphatic rings. The quantitative estimate of drug-likeness (QED) is 0.741. The molecular formula is C21H32N4O2S. The number of likely N-dealkylation sites (tertiary alicyclic amines) is 1. The summed E-state index contributed by atoms with van der Waals surface area (Å²) in [6.07, 6.45) is 4.45. The van der Waals surface area contributed by atoms with Crippen LogP contribution >= 0.6 is 11.3 Å². The highest BCUT2D eigenvalue weighted by atomic mass is 32.1. The van der Waals surface area contributed by atoms with Gasteiger partial charge in [-0.15, -0.1) is 11.3 Å². The summed E-state index contributed by atoms with van der Waals surface area (Å²) < 4.78 is 1.63. The van der Waals surface area contributed by atoms with Gasteiger partial charge >= 0.3 is 0 Å². The molecule has 154 valence electrons. The van der Waals surface area contributed by atoms with E-state index in [0.717, 1.165) is 54.3 Å². The third kappa shape index (κ3) is 4.30. The summed E-state index contributed by atoms with van der Waals surface area (Å²) >= 11 is 1.57. The van der Waals surface area contributed by atoms with E-state index in [9.17, 15) is 9.59 Å². The van der Waals surface area contributed by atoms with Crippen LogP contribution in [0, 0.1) is 13.8 Å². The molecule has 3 rings (SSSR count). The smallest absolute Gasteiger partial charge is 0.263 e. The van der Waals surface area contributed by atoms with E-state index in [2.05, 4.69) is 18.7 Å². The molecule has 6 nitrogen and oxygen atoms in total. The first-order valence-electron chi connectivity index (χ1n) is 10.5. The largest absolute Gasteiger partial charge is 0.341 e. The van der Waals surface area contributed by atoms with Crippen molar-refractivity contribution >= 4 is 27.5 Å². The number of rotatable bonds is 6. The molecule has 7 heteroatoms. The van der Waals surface area contributed by atoms with E-state index in [1.807, 2.05) is 18.7 Å². The van der Waals surface area contributed by atoms with E-state index in [1.54, 1.807) is 15.9 Å². The lowest BCUT2D eigenvalue weighted by atomic mass is 10.2. The molecule has 0 unspecified atom stereocenters. The van der Waals surface area contributed by atoms with Crippen LogP contribution in [0.2, 0.25) is 0 Å². The van der Waals surface area contributed by atoms with E-state index in [4.69, 9.17) is 4.98 Å². The predicted molar refractivity (Wildman–Crippen MR) is 115 cm³/mol. The van der Waals surface area contributed by atoms with Crippen molar-refractivity contribution in [1.29, 1.82) is 0 Å². The van der Waals surface area contributed by atoms with Crippen LogP contribution in [0.25, 0.3) is 10.2 Å². The average Bonchev–Trinajstić information content (AvgIpc) is 2.86. The summed E-state index contributed by atoms with van der Waals surface area (Å²) in [6.45, 7) is 12.2. The van der Waals surface area contributed by atoms with Crippen molar-refractivity contribution in [3.05, 3.63) is 26.6 Å². The minimum absolute atomic E-state index is 0.0375. The van der Waals surface area contributed by atoms with E-state index < -0.39 is 0 Å². The fourth-order valence-corrected chi connectivity index (χ4v) is 4.89. The average molecular weight is 405 g/mol. The van der Waals surface area contributed by atoms with Gasteiger partial charge < -0.3 is 4.90 Å². The number of carbonyl (C=O) groups is 1. The monoisotopic (exact) mass is 404 g/mol. The van der Waals surface area contributed by atoms with Gasteiger partial charge in [-0.1, -0.05) is 26.7 Å². The van der Waals surface area contributed by atoms with Crippen molar-refractivity contribution < 1.29 is 4.79 Å². The molecule has 0 N–H and O–H groups in total. The number of hydrogen-bond donors (Lipinski definition) is 0. The number of hydrogen-bond acceptors (Lipinski definition) is 5. The molecule has 0 bridgehead atoms. The maximum absolute atomic E-state index is 13.4. The number of nitrogens with zero attached hydrogens (tertiary/aromatic N) is 4. The maximum atomic E-state index is 13.4. The van der Waals surface area contributed by atoms with Crippen LogP contribution in [0.3, 0.4) is 0 Å². The van der Waals surface area contributed by atoms with E-state index in [0.29, 0.717) is 17.8 Å². The highest BCUT2D eigenvalue weighted by Gasteiger charge is 2.22. The van der Waals surface area contributed by atoms with Gasteiger partial charge in [0.2, 0.25) is 5.91 Å². The lowest BCUT2D eigenvalue weighted by molar-refractivity contribution is -0.131. The summed E-state index contributed by atoms with van der Waals surface area (Å²) in [7, 11) is 0. The van der Waals surface area contributed by atoms with Gasteiger partial charge in [-0.25, -0.2) is 4.98 Å². The van der Waals surface area contributed by atoms with Crippen molar-refractivity contribution in [2.75, 3.05) is 26.2 Å². The lowest BCUT2D eigenvalue weighted by Crippen LogP contribution is -2.39. The highest BCUT2D eigenvalue weighted by Crippen LogP contribution is 2.26. The second kappa shape index (κ2) is 9.18. The van der Waals surface area contributed by atoms with E-state index in [-0.39, 0.29) is 18.0 Å². The standard InChI is InChI=1S/C21H32N4O2S/c1-5-23(6-2)13-17-22-20-19(15(3)16(4)28-20)21(27)25(17)14-18(26)24-11-9-7-8-10-12-24/h5-14H2,1-4H3. The zero-order valence-electron chi connectivity index (χ0n) is 17.6. The molecule has 2 aromatic heterocycles. The van der Waals surface area contributed by atoms with Crippen molar-refractivity contribution in [3.8, 4) is 0 Å². The molecule has 3 heterocycles. The Morgan fingerprint density at radius 3 is 2.36 bits per heavy atom. The van der Waals surface area contributed by atoms with Crippen LogP contribution in [0.15, 0.2) is 4.79 Å². The summed E-state index contributed by atoms with van der Waals surface area (Å²) in [6, 6.07) is 0. The molecule has 0 atom stereocenters. The van der Waals surface area contributed by atoms with Crippen molar-refractivity contribution in [2.24, 2.45) is 0 Å². The second-order valence-electron chi connectivity index (χ2n) is 7.64. The van der Waals surface area contributed by atoms with Gasteiger partial charge in [0.05, 0.1) is 11.9 Å². The molecule has 0 spiro atoms. The van der Waals surface area contributed by atoms with Crippen LogP contribution in [0.5, 0.6) is 0 Å². The number of thiophene rings is 1. The molecule has 1 fully saturated rings. The van der Waals surface area contributed by atoms with Crippen molar-refractivity contribution in [3.63, 3.8) is 0 Å². The Kier molecular flexibility index (Phi) is 6.88. The number of aromatic nitrogens is 2. The molecular weight excluding hydrogens is 372 g/mol. The number of amides is 1. The lowest BCUT2D eigenvalue weighted by Gasteiger charge is -2.23. The second-order valence-corrected chi connectivity index (χ2v) is 8.84. The normalized spacial score (nSPS) is 15.4. The van der Waals surface area contributed by atoms with Crippen molar-refractivity contribution in [2.45, 2.75) is 66.5 Å². The molecule has 1 saturated heterocycles. The van der Waals surface area contributed by atoms with Crippen LogP contribution in [-0.2, 0) is 17.9 Å². The van der Waals surface area contributed by atoms with Crippen LogP contribution in [-0.4, -0.2) is 51.4 Å². The van der Waals surface area contributed by atoms with Gasteiger partial charge in [0.1, 0.15) is 17.2 Å². The molecule has 0 aromatic carbocycles. The molecule has 0 radical (unpaired) electrons. The SMILES string of the molecule is CCN(CC)Cc1nc2sc(C)c(C)c2c(=O)n1CC(=O)N1CCCCCC1. The predicted octanol–water partition coefficient (Wildman–Crippen LogP) is 3.32. The van der Waals surface area contributed by atoms with Crippen molar-refractivity contribution in [1.82, 2.24) is 19.4 Å².